The highest BCUT2D eigenvalue weighted by molar-refractivity contribution is 7.82. The topological polar surface area (TPSA) is 88.1 Å². The lowest BCUT2D eigenvalue weighted by Crippen LogP contribution is -2.38. The molecule has 0 saturated carbocycles. The van der Waals surface area contributed by atoms with Crippen LogP contribution in [-0.2, 0) is 32.7 Å². The van der Waals surface area contributed by atoms with Crippen molar-refractivity contribution in [1.29, 1.82) is 0 Å². The standard InChI is InChI=1S/C8H15O7PS/c1-12-7(9)5(6(17)8(10)13-2)16(11,14-3)15-4/h5-6,17H,1-4H3. The van der Waals surface area contributed by atoms with E-state index < -0.39 is 30.4 Å². The summed E-state index contributed by atoms with van der Waals surface area (Å²) in [5.74, 6) is -1.76. The molecule has 9 heteroatoms. The Morgan fingerprint density at radius 1 is 1.00 bits per heavy atom. The third kappa shape index (κ3) is 3.70. The summed E-state index contributed by atoms with van der Waals surface area (Å²) in [6.07, 6.45) is 0. The molecule has 0 radical (unpaired) electrons. The monoisotopic (exact) mass is 286 g/mol. The highest BCUT2D eigenvalue weighted by Gasteiger charge is 2.48. The fourth-order valence-corrected chi connectivity index (χ4v) is 3.25. The summed E-state index contributed by atoms with van der Waals surface area (Å²) in [7, 11) is 0.553. The molecule has 0 aromatic carbocycles. The number of carbonyl (C=O) groups excluding carboxylic acids is 2. The summed E-state index contributed by atoms with van der Waals surface area (Å²) in [4.78, 5) is 22.8. The molecule has 0 bridgehead atoms. The number of thiol groups is 1. The largest absolute Gasteiger partial charge is 0.468 e. The minimum Gasteiger partial charge on any atom is -0.468 e. The quantitative estimate of drug-likeness (QED) is 0.431. The second-order valence-corrected chi connectivity index (χ2v) is 5.76. The van der Waals surface area contributed by atoms with Crippen molar-refractivity contribution in [3.8, 4) is 0 Å². The molecule has 0 rings (SSSR count). The fraction of sp³-hybridized carbons (Fsp3) is 0.750. The van der Waals surface area contributed by atoms with Crippen LogP contribution in [0, 0.1) is 0 Å². The van der Waals surface area contributed by atoms with Gasteiger partial charge >= 0.3 is 19.5 Å². The first kappa shape index (κ1) is 16.4. The predicted octanol–water partition coefficient (Wildman–Crippen LogP) is 0.485. The van der Waals surface area contributed by atoms with E-state index in [1.165, 1.54) is 0 Å². The zero-order chi connectivity index (χ0) is 13.6. The Bertz CT molecular complexity index is 324. The second kappa shape index (κ2) is 7.00. The molecule has 2 atom stereocenters. The Hall–Kier alpha value is -0.560. The second-order valence-electron chi connectivity index (χ2n) is 2.84. The van der Waals surface area contributed by atoms with E-state index in [9.17, 15) is 14.2 Å². The Kier molecular flexibility index (Phi) is 6.77. The average molecular weight is 286 g/mol. The molecule has 2 unspecified atom stereocenters. The van der Waals surface area contributed by atoms with Crippen LogP contribution in [0.15, 0.2) is 0 Å². The number of carbonyl (C=O) groups is 2. The molecule has 0 aromatic heterocycles. The van der Waals surface area contributed by atoms with E-state index in [-0.39, 0.29) is 0 Å². The number of esters is 2. The SMILES string of the molecule is COC(=O)C(S)C(C(=O)OC)P(=O)(OC)OC. The van der Waals surface area contributed by atoms with Crippen LogP contribution >= 0.6 is 20.2 Å². The Labute approximate surface area is 105 Å². The van der Waals surface area contributed by atoms with Gasteiger partial charge in [-0.05, 0) is 0 Å². The third-order valence-electron chi connectivity index (χ3n) is 2.03. The van der Waals surface area contributed by atoms with Crippen molar-refractivity contribution >= 4 is 32.2 Å². The maximum Gasteiger partial charge on any atom is 0.346 e. The Morgan fingerprint density at radius 3 is 1.71 bits per heavy atom. The molecular formula is C8H15O7PS. The third-order valence-corrected chi connectivity index (χ3v) is 4.99. The molecule has 0 amide bonds. The number of ether oxygens (including phenoxy) is 2. The van der Waals surface area contributed by atoms with E-state index in [0.29, 0.717) is 0 Å². The van der Waals surface area contributed by atoms with E-state index in [1.54, 1.807) is 0 Å². The van der Waals surface area contributed by atoms with Gasteiger partial charge in [-0.3, -0.25) is 14.2 Å². The van der Waals surface area contributed by atoms with E-state index in [0.717, 1.165) is 28.4 Å². The minimum absolute atomic E-state index is 0.835. The van der Waals surface area contributed by atoms with Crippen molar-refractivity contribution in [3.05, 3.63) is 0 Å². The maximum atomic E-state index is 12.1. The van der Waals surface area contributed by atoms with E-state index in [1.807, 2.05) is 0 Å². The molecular weight excluding hydrogens is 271 g/mol. The molecule has 0 saturated heterocycles. The van der Waals surface area contributed by atoms with Crippen molar-refractivity contribution < 1.29 is 32.7 Å². The molecule has 0 heterocycles. The molecule has 7 nitrogen and oxygen atoms in total. The van der Waals surface area contributed by atoms with Gasteiger partial charge in [0.25, 0.3) is 0 Å². The number of rotatable bonds is 6. The first-order valence-corrected chi connectivity index (χ1v) is 6.55. The fourth-order valence-electron chi connectivity index (χ4n) is 1.10. The Balaban J connectivity index is 5.35. The number of methoxy groups -OCH3 is 2. The van der Waals surface area contributed by atoms with Crippen LogP contribution < -0.4 is 0 Å². The van der Waals surface area contributed by atoms with Crippen molar-refractivity contribution in [3.63, 3.8) is 0 Å². The molecule has 0 fully saturated rings. The summed E-state index contributed by atoms with van der Waals surface area (Å²) in [5.41, 5.74) is -1.49. The van der Waals surface area contributed by atoms with Crippen molar-refractivity contribution in [2.45, 2.75) is 10.9 Å². The smallest absolute Gasteiger partial charge is 0.346 e. The summed E-state index contributed by atoms with van der Waals surface area (Å²) < 4.78 is 30.3. The van der Waals surface area contributed by atoms with Gasteiger partial charge in [0, 0.05) is 14.2 Å². The molecule has 0 spiro atoms. The van der Waals surface area contributed by atoms with Gasteiger partial charge in [-0.1, -0.05) is 0 Å². The zero-order valence-corrected chi connectivity index (χ0v) is 11.7. The normalized spacial score (nSPS) is 14.9. The lowest BCUT2D eigenvalue weighted by Gasteiger charge is -2.24. The molecule has 0 aliphatic rings. The molecule has 100 valence electrons. The van der Waals surface area contributed by atoms with E-state index in [4.69, 9.17) is 0 Å². The van der Waals surface area contributed by atoms with Crippen molar-refractivity contribution in [1.82, 2.24) is 0 Å². The maximum absolute atomic E-state index is 12.1. The highest BCUT2D eigenvalue weighted by atomic mass is 32.1. The van der Waals surface area contributed by atoms with Crippen LogP contribution in [-0.4, -0.2) is 51.3 Å². The predicted molar refractivity (Wildman–Crippen MR) is 62.2 cm³/mol. The van der Waals surface area contributed by atoms with Crippen LogP contribution in [0.5, 0.6) is 0 Å². The first-order chi connectivity index (χ1) is 7.87. The summed E-state index contributed by atoms with van der Waals surface area (Å²) in [5, 5.41) is -1.31. The molecule has 17 heavy (non-hydrogen) atoms. The molecule has 0 aliphatic carbocycles. The van der Waals surface area contributed by atoms with E-state index >= 15 is 0 Å². The number of hydrogen-bond donors (Lipinski definition) is 1. The highest BCUT2D eigenvalue weighted by Crippen LogP contribution is 2.54. The lowest BCUT2D eigenvalue weighted by atomic mass is 10.3. The van der Waals surface area contributed by atoms with E-state index in [2.05, 4.69) is 31.2 Å². The van der Waals surface area contributed by atoms with Crippen molar-refractivity contribution in [2.24, 2.45) is 0 Å². The number of hydrogen-bond acceptors (Lipinski definition) is 8. The van der Waals surface area contributed by atoms with Crippen LogP contribution in [0.3, 0.4) is 0 Å². The van der Waals surface area contributed by atoms with Gasteiger partial charge in [0.2, 0.25) is 0 Å². The summed E-state index contributed by atoms with van der Waals surface area (Å²) in [6, 6.07) is 0. The summed E-state index contributed by atoms with van der Waals surface area (Å²) >= 11 is 3.89. The zero-order valence-electron chi connectivity index (χ0n) is 9.91. The average Bonchev–Trinajstić information content (AvgIpc) is 2.36. The summed E-state index contributed by atoms with van der Waals surface area (Å²) in [6.45, 7) is 0. The van der Waals surface area contributed by atoms with Crippen LogP contribution in [0.25, 0.3) is 0 Å². The van der Waals surface area contributed by atoms with Gasteiger partial charge in [0.15, 0.2) is 5.66 Å². The van der Waals surface area contributed by atoms with Gasteiger partial charge in [-0.25, -0.2) is 0 Å². The van der Waals surface area contributed by atoms with Gasteiger partial charge < -0.3 is 18.5 Å². The molecule has 0 N–H and O–H groups in total. The molecule has 0 aliphatic heterocycles. The first-order valence-electron chi connectivity index (χ1n) is 4.42. The lowest BCUT2D eigenvalue weighted by molar-refractivity contribution is -0.146. The van der Waals surface area contributed by atoms with Crippen LogP contribution in [0.2, 0.25) is 0 Å². The van der Waals surface area contributed by atoms with Crippen LogP contribution in [0.1, 0.15) is 0 Å². The minimum atomic E-state index is -3.84. The van der Waals surface area contributed by atoms with Gasteiger partial charge in [0.05, 0.1) is 14.2 Å². The van der Waals surface area contributed by atoms with Crippen LogP contribution in [0.4, 0.5) is 0 Å². The van der Waals surface area contributed by atoms with Gasteiger partial charge in [-0.15, -0.1) is 0 Å². The van der Waals surface area contributed by atoms with Gasteiger partial charge in [0.1, 0.15) is 5.25 Å². The molecule has 0 aromatic rings. The van der Waals surface area contributed by atoms with Gasteiger partial charge in [-0.2, -0.15) is 12.6 Å². The van der Waals surface area contributed by atoms with Crippen molar-refractivity contribution in [2.75, 3.05) is 28.4 Å². The Morgan fingerprint density at radius 2 is 1.41 bits per heavy atom.